The first-order valence-electron chi connectivity index (χ1n) is 12.0. The van der Waals surface area contributed by atoms with Crippen LogP contribution in [-0.2, 0) is 16.4 Å². The SMILES string of the molecule is O=C1N(CC(F)F)CCOc2ccccc2-c2cccc(c2)CC2C(NS(=O)(=O)C(F)F)C3(CC3)CN12. The van der Waals surface area contributed by atoms with Gasteiger partial charge in [0.15, 0.2) is 0 Å². The maximum absolute atomic E-state index is 13.6. The van der Waals surface area contributed by atoms with Gasteiger partial charge in [0.25, 0.3) is 16.4 Å². The minimum absolute atomic E-state index is 0.0414. The van der Waals surface area contributed by atoms with E-state index in [9.17, 15) is 30.8 Å². The van der Waals surface area contributed by atoms with Crippen LogP contribution in [0.25, 0.3) is 11.1 Å². The Balaban J connectivity index is 1.59. The van der Waals surface area contributed by atoms with Crippen molar-refractivity contribution < 1.29 is 35.5 Å². The van der Waals surface area contributed by atoms with Gasteiger partial charge in [0.05, 0.1) is 25.2 Å². The Morgan fingerprint density at radius 1 is 1.08 bits per heavy atom. The summed E-state index contributed by atoms with van der Waals surface area (Å²) in [5.41, 5.74) is 1.62. The average molecular weight is 542 g/mol. The lowest BCUT2D eigenvalue weighted by molar-refractivity contribution is 0.0762. The molecule has 2 bridgehead atoms. The van der Waals surface area contributed by atoms with E-state index in [1.54, 1.807) is 12.1 Å². The van der Waals surface area contributed by atoms with E-state index in [1.165, 1.54) is 4.90 Å². The number of nitrogens with one attached hydrogen (secondary N) is 1. The second-order valence-corrected chi connectivity index (χ2v) is 11.5. The number of para-hydroxylation sites is 1. The number of benzene rings is 2. The number of urea groups is 1. The number of rotatable bonds is 5. The first-order chi connectivity index (χ1) is 17.6. The van der Waals surface area contributed by atoms with E-state index in [0.29, 0.717) is 18.6 Å². The number of sulfonamides is 1. The molecule has 12 heteroatoms. The Labute approximate surface area is 212 Å². The van der Waals surface area contributed by atoms with Gasteiger partial charge in [0.2, 0.25) is 0 Å². The molecule has 1 saturated heterocycles. The highest BCUT2D eigenvalue weighted by Crippen LogP contribution is 2.56. The number of carbonyl (C=O) groups is 1. The second kappa shape index (κ2) is 9.79. The number of ether oxygens (including phenoxy) is 1. The molecule has 3 aliphatic rings. The van der Waals surface area contributed by atoms with Gasteiger partial charge in [-0.3, -0.25) is 0 Å². The quantitative estimate of drug-likeness (QED) is 0.582. The van der Waals surface area contributed by atoms with Crippen molar-refractivity contribution in [2.24, 2.45) is 5.41 Å². The number of amides is 2. The molecule has 2 aromatic rings. The maximum Gasteiger partial charge on any atom is 0.350 e. The van der Waals surface area contributed by atoms with E-state index in [1.807, 2.05) is 36.4 Å². The number of fused-ring (bicyclic) bond motifs is 5. The molecule has 5 rings (SSSR count). The van der Waals surface area contributed by atoms with Gasteiger partial charge in [0.1, 0.15) is 12.4 Å². The first kappa shape index (κ1) is 25.8. The van der Waals surface area contributed by atoms with Crippen LogP contribution in [0.4, 0.5) is 22.4 Å². The topological polar surface area (TPSA) is 79.0 Å². The highest BCUT2D eigenvalue weighted by atomic mass is 32.2. The maximum atomic E-state index is 13.6. The average Bonchev–Trinajstić information content (AvgIpc) is 3.58. The van der Waals surface area contributed by atoms with Crippen molar-refractivity contribution in [2.75, 3.05) is 26.2 Å². The van der Waals surface area contributed by atoms with Gasteiger partial charge in [-0.15, -0.1) is 0 Å². The van der Waals surface area contributed by atoms with Crippen LogP contribution in [-0.4, -0.2) is 74.8 Å². The van der Waals surface area contributed by atoms with Crippen molar-refractivity contribution in [1.82, 2.24) is 14.5 Å². The van der Waals surface area contributed by atoms with Crippen molar-refractivity contribution >= 4 is 16.1 Å². The molecule has 1 spiro atoms. The monoisotopic (exact) mass is 541 g/mol. The van der Waals surface area contributed by atoms with Gasteiger partial charge >= 0.3 is 11.8 Å². The van der Waals surface area contributed by atoms with Gasteiger partial charge in [-0.25, -0.2) is 26.7 Å². The minimum atomic E-state index is -4.95. The number of carbonyl (C=O) groups excluding carboxylic acids is 1. The highest BCUT2D eigenvalue weighted by molar-refractivity contribution is 7.89. The lowest BCUT2D eigenvalue weighted by atomic mass is 9.91. The van der Waals surface area contributed by atoms with Crippen LogP contribution in [0.5, 0.6) is 5.75 Å². The van der Waals surface area contributed by atoms with Crippen LogP contribution in [0.2, 0.25) is 0 Å². The summed E-state index contributed by atoms with van der Waals surface area (Å²) >= 11 is 0. The van der Waals surface area contributed by atoms with Gasteiger partial charge < -0.3 is 14.5 Å². The summed E-state index contributed by atoms with van der Waals surface area (Å²) in [6.07, 6.45) is -1.57. The third-order valence-electron chi connectivity index (χ3n) is 7.41. The van der Waals surface area contributed by atoms with Crippen LogP contribution in [0.3, 0.4) is 0 Å². The first-order valence-corrected chi connectivity index (χ1v) is 13.6. The Kier molecular flexibility index (Phi) is 6.82. The molecule has 37 heavy (non-hydrogen) atoms. The van der Waals surface area contributed by atoms with Crippen LogP contribution < -0.4 is 9.46 Å². The number of alkyl halides is 4. The van der Waals surface area contributed by atoms with E-state index in [2.05, 4.69) is 4.72 Å². The molecule has 2 amide bonds. The molecule has 1 N–H and O–H groups in total. The summed E-state index contributed by atoms with van der Waals surface area (Å²) in [5, 5.41) is 0. The molecular formula is C25H27F4N3O4S. The minimum Gasteiger partial charge on any atom is -0.491 e. The van der Waals surface area contributed by atoms with Gasteiger partial charge in [0, 0.05) is 17.5 Å². The van der Waals surface area contributed by atoms with E-state index in [0.717, 1.165) is 21.6 Å². The molecule has 1 aliphatic carbocycles. The third kappa shape index (κ3) is 5.13. The molecule has 2 aromatic carbocycles. The fraction of sp³-hybridized carbons (Fsp3) is 0.480. The van der Waals surface area contributed by atoms with Gasteiger partial charge in [-0.1, -0.05) is 42.5 Å². The van der Waals surface area contributed by atoms with Crippen LogP contribution in [0.1, 0.15) is 18.4 Å². The van der Waals surface area contributed by atoms with Crippen molar-refractivity contribution in [3.05, 3.63) is 54.1 Å². The predicted octanol–water partition coefficient (Wildman–Crippen LogP) is 3.95. The van der Waals surface area contributed by atoms with Gasteiger partial charge in [-0.2, -0.15) is 8.78 Å². The number of hydrogen-bond acceptors (Lipinski definition) is 4. The molecule has 0 aromatic heterocycles. The van der Waals surface area contributed by atoms with Crippen molar-refractivity contribution in [3.8, 4) is 16.9 Å². The standard InChI is InChI=1S/C25H27F4N3O4S/c26-21(27)14-31-10-11-36-20-7-2-1-6-18(20)17-5-3-4-16(12-17)13-19-22(30-37(34,35)23(28)29)25(8-9-25)15-32(19)24(31)33/h1-7,12,19,21-23,30H,8-11,13-15H2. The number of halogens is 4. The Morgan fingerprint density at radius 3 is 2.54 bits per heavy atom. The summed E-state index contributed by atoms with van der Waals surface area (Å²) in [4.78, 5) is 16.0. The van der Waals surface area contributed by atoms with Crippen molar-refractivity contribution in [3.63, 3.8) is 0 Å². The molecule has 200 valence electrons. The van der Waals surface area contributed by atoms with Crippen LogP contribution >= 0.6 is 0 Å². The van der Waals surface area contributed by atoms with Crippen molar-refractivity contribution in [1.29, 1.82) is 0 Å². The Morgan fingerprint density at radius 2 is 1.84 bits per heavy atom. The molecule has 1 saturated carbocycles. The molecule has 2 atom stereocenters. The second-order valence-electron chi connectivity index (χ2n) is 9.83. The fourth-order valence-electron chi connectivity index (χ4n) is 5.46. The van der Waals surface area contributed by atoms with Crippen LogP contribution in [0.15, 0.2) is 48.5 Å². The lowest BCUT2D eigenvalue weighted by Crippen LogP contribution is -2.54. The Bertz CT molecular complexity index is 1270. The predicted molar refractivity (Wildman–Crippen MR) is 128 cm³/mol. The van der Waals surface area contributed by atoms with Crippen LogP contribution in [0, 0.1) is 5.41 Å². The molecule has 2 aliphatic heterocycles. The third-order valence-corrected chi connectivity index (χ3v) is 8.46. The fourth-order valence-corrected chi connectivity index (χ4v) is 6.32. The van der Waals surface area contributed by atoms with E-state index >= 15 is 0 Å². The van der Waals surface area contributed by atoms with E-state index in [4.69, 9.17) is 4.74 Å². The molecule has 0 radical (unpaired) electrons. The van der Waals surface area contributed by atoms with E-state index < -0.39 is 52.3 Å². The van der Waals surface area contributed by atoms with Crippen molar-refractivity contribution in [2.45, 2.75) is 43.5 Å². The molecular weight excluding hydrogens is 514 g/mol. The summed E-state index contributed by atoms with van der Waals surface area (Å²) in [7, 11) is -4.95. The Hall–Kier alpha value is -2.86. The zero-order valence-corrected chi connectivity index (χ0v) is 20.6. The summed E-state index contributed by atoms with van der Waals surface area (Å²) < 4.78 is 86.1. The molecule has 7 nitrogen and oxygen atoms in total. The van der Waals surface area contributed by atoms with Gasteiger partial charge in [-0.05, 0) is 36.5 Å². The summed E-state index contributed by atoms with van der Waals surface area (Å²) in [6, 6.07) is 12.1. The molecule has 2 unspecified atom stereocenters. The zero-order valence-electron chi connectivity index (χ0n) is 19.8. The zero-order chi connectivity index (χ0) is 26.4. The number of nitrogens with zero attached hydrogens (tertiary/aromatic N) is 2. The normalized spacial score (nSPS) is 23.2. The lowest BCUT2D eigenvalue weighted by Gasteiger charge is -2.33. The smallest absolute Gasteiger partial charge is 0.350 e. The summed E-state index contributed by atoms with van der Waals surface area (Å²) in [6.45, 7) is -0.909. The van der Waals surface area contributed by atoms with E-state index in [-0.39, 0.29) is 26.1 Å². The highest BCUT2D eigenvalue weighted by Gasteiger charge is 2.62. The number of hydrogen-bond donors (Lipinski definition) is 1. The molecule has 2 fully saturated rings. The summed E-state index contributed by atoms with van der Waals surface area (Å²) in [5.74, 6) is -3.10. The molecule has 2 heterocycles. The largest absolute Gasteiger partial charge is 0.491 e.